The first-order valence-corrected chi connectivity index (χ1v) is 9.77. The van der Waals surface area contributed by atoms with E-state index < -0.39 is 27.3 Å². The van der Waals surface area contributed by atoms with Crippen LogP contribution < -0.4 is 5.56 Å². The Labute approximate surface area is 148 Å². The largest absolute Gasteiger partial charge is 0.417 e. The number of H-pyrrole nitrogens is 1. The van der Waals surface area contributed by atoms with Gasteiger partial charge in [0.15, 0.2) is 0 Å². The van der Waals surface area contributed by atoms with Gasteiger partial charge >= 0.3 is 6.18 Å². The first-order valence-electron chi connectivity index (χ1n) is 8.33. The van der Waals surface area contributed by atoms with Crippen LogP contribution >= 0.6 is 0 Å². The van der Waals surface area contributed by atoms with Crippen molar-refractivity contribution in [2.75, 3.05) is 7.05 Å². The fourth-order valence-electron chi connectivity index (χ4n) is 3.44. The summed E-state index contributed by atoms with van der Waals surface area (Å²) in [5.41, 5.74) is -2.09. The van der Waals surface area contributed by atoms with Crippen molar-refractivity contribution in [1.29, 1.82) is 0 Å². The average Bonchev–Trinajstić information content (AvgIpc) is 2.59. The van der Waals surface area contributed by atoms with Gasteiger partial charge in [0.2, 0.25) is 15.6 Å². The lowest BCUT2D eigenvalue weighted by Crippen LogP contribution is -2.38. The summed E-state index contributed by atoms with van der Waals surface area (Å²) in [4.78, 5) is 13.6. The molecule has 0 radical (unpaired) electrons. The molecule has 26 heavy (non-hydrogen) atoms. The molecule has 0 spiro atoms. The van der Waals surface area contributed by atoms with Crippen LogP contribution in [0.5, 0.6) is 0 Å². The maximum atomic E-state index is 13.3. The third-order valence-corrected chi connectivity index (χ3v) is 6.79. The SMILES string of the molecule is CN(C1CCCCC1)S(=O)(=O)c1ccc2[nH]c(=O)cc(C(F)(F)F)c2c1. The van der Waals surface area contributed by atoms with Gasteiger partial charge in [-0.25, -0.2) is 8.42 Å². The van der Waals surface area contributed by atoms with Crippen LogP contribution in [0.15, 0.2) is 34.0 Å². The Morgan fingerprint density at radius 1 is 1.12 bits per heavy atom. The number of alkyl halides is 3. The van der Waals surface area contributed by atoms with E-state index in [0.717, 1.165) is 38.2 Å². The number of aromatic amines is 1. The Balaban J connectivity index is 2.10. The topological polar surface area (TPSA) is 70.2 Å². The predicted molar refractivity (Wildman–Crippen MR) is 91.4 cm³/mol. The van der Waals surface area contributed by atoms with E-state index in [2.05, 4.69) is 4.98 Å². The van der Waals surface area contributed by atoms with Gasteiger partial charge in [-0.15, -0.1) is 0 Å². The third-order valence-electron chi connectivity index (χ3n) is 4.89. The van der Waals surface area contributed by atoms with Crippen molar-refractivity contribution in [3.8, 4) is 0 Å². The number of fused-ring (bicyclic) bond motifs is 1. The van der Waals surface area contributed by atoms with E-state index in [1.54, 1.807) is 0 Å². The van der Waals surface area contributed by atoms with Gasteiger partial charge < -0.3 is 4.98 Å². The molecule has 3 rings (SSSR count). The van der Waals surface area contributed by atoms with Crippen LogP contribution in [-0.2, 0) is 16.2 Å². The van der Waals surface area contributed by atoms with E-state index in [1.807, 2.05) is 0 Å². The quantitative estimate of drug-likeness (QED) is 0.875. The number of nitrogens with one attached hydrogen (secondary N) is 1. The maximum Gasteiger partial charge on any atom is 0.417 e. The number of benzene rings is 1. The van der Waals surface area contributed by atoms with Crippen LogP contribution in [0.2, 0.25) is 0 Å². The second-order valence-corrected chi connectivity index (χ2v) is 8.56. The van der Waals surface area contributed by atoms with Crippen molar-refractivity contribution in [1.82, 2.24) is 9.29 Å². The van der Waals surface area contributed by atoms with Crippen molar-refractivity contribution in [2.24, 2.45) is 0 Å². The van der Waals surface area contributed by atoms with E-state index in [9.17, 15) is 26.4 Å². The number of nitrogens with zero attached hydrogens (tertiary/aromatic N) is 1. The molecule has 1 aliphatic rings. The van der Waals surface area contributed by atoms with Crippen LogP contribution in [0.4, 0.5) is 13.2 Å². The van der Waals surface area contributed by atoms with Gasteiger partial charge in [0.25, 0.3) is 0 Å². The van der Waals surface area contributed by atoms with Crippen molar-refractivity contribution in [3.63, 3.8) is 0 Å². The zero-order valence-electron chi connectivity index (χ0n) is 14.1. The maximum absolute atomic E-state index is 13.3. The Hall–Kier alpha value is -1.87. The second-order valence-electron chi connectivity index (χ2n) is 6.57. The number of hydrogen-bond donors (Lipinski definition) is 1. The smallest absolute Gasteiger partial charge is 0.322 e. The number of aromatic nitrogens is 1. The molecule has 142 valence electrons. The molecular weight excluding hydrogens is 369 g/mol. The Morgan fingerprint density at radius 3 is 2.38 bits per heavy atom. The van der Waals surface area contributed by atoms with Crippen LogP contribution in [0, 0.1) is 0 Å². The molecule has 0 bridgehead atoms. The normalized spacial score (nSPS) is 17.1. The first kappa shape index (κ1) is 18.9. The summed E-state index contributed by atoms with van der Waals surface area (Å²) in [6, 6.07) is 3.72. The summed E-state index contributed by atoms with van der Waals surface area (Å²) in [6.45, 7) is 0. The summed E-state index contributed by atoms with van der Waals surface area (Å²) in [5, 5.41) is -0.338. The predicted octanol–water partition coefficient (Wildman–Crippen LogP) is 3.50. The monoisotopic (exact) mass is 388 g/mol. The van der Waals surface area contributed by atoms with Gasteiger partial charge in [0.05, 0.1) is 10.5 Å². The third kappa shape index (κ3) is 3.50. The zero-order valence-corrected chi connectivity index (χ0v) is 15.0. The molecule has 9 heteroatoms. The number of rotatable bonds is 3. The molecule has 0 saturated heterocycles. The Bertz CT molecular complexity index is 977. The molecule has 1 fully saturated rings. The first-order chi connectivity index (χ1) is 12.1. The van der Waals surface area contributed by atoms with Gasteiger partial charge in [-0.2, -0.15) is 17.5 Å². The van der Waals surface area contributed by atoms with Crippen LogP contribution in [-0.4, -0.2) is 30.8 Å². The fraction of sp³-hybridized carbons (Fsp3) is 0.471. The molecule has 5 nitrogen and oxygen atoms in total. The molecular formula is C17H19F3N2O3S. The molecule has 1 heterocycles. The average molecular weight is 388 g/mol. The molecule has 1 aromatic heterocycles. The van der Waals surface area contributed by atoms with E-state index in [-0.39, 0.29) is 21.8 Å². The Kier molecular flexibility index (Phi) is 4.87. The van der Waals surface area contributed by atoms with Gasteiger partial charge in [-0.1, -0.05) is 19.3 Å². The lowest BCUT2D eigenvalue weighted by Gasteiger charge is -2.30. The molecule has 1 aromatic carbocycles. The minimum absolute atomic E-state index is 0.0518. The highest BCUT2D eigenvalue weighted by molar-refractivity contribution is 7.89. The molecule has 0 amide bonds. The fourth-order valence-corrected chi connectivity index (χ4v) is 4.88. The lowest BCUT2D eigenvalue weighted by molar-refractivity contribution is -0.136. The van der Waals surface area contributed by atoms with Gasteiger partial charge in [-0.05, 0) is 31.0 Å². The van der Waals surface area contributed by atoms with Crippen molar-refractivity contribution >= 4 is 20.9 Å². The highest BCUT2D eigenvalue weighted by atomic mass is 32.2. The van der Waals surface area contributed by atoms with Crippen molar-refractivity contribution in [2.45, 2.75) is 49.2 Å². The van der Waals surface area contributed by atoms with Crippen molar-refractivity contribution in [3.05, 3.63) is 40.2 Å². The standard InChI is InChI=1S/C17H19F3N2O3S/c1-22(11-5-3-2-4-6-11)26(24,25)12-7-8-15-13(9-12)14(17(18,19)20)10-16(23)21-15/h7-11H,2-6H2,1H3,(H,21,23). The molecule has 0 aliphatic heterocycles. The van der Waals surface area contributed by atoms with E-state index in [0.29, 0.717) is 6.07 Å². The van der Waals surface area contributed by atoms with E-state index >= 15 is 0 Å². The van der Waals surface area contributed by atoms with Crippen LogP contribution in [0.25, 0.3) is 10.9 Å². The molecule has 0 unspecified atom stereocenters. The van der Waals surface area contributed by atoms with Gasteiger partial charge in [0.1, 0.15) is 0 Å². The summed E-state index contributed by atoms with van der Waals surface area (Å²) in [5.74, 6) is 0. The molecule has 1 saturated carbocycles. The summed E-state index contributed by atoms with van der Waals surface area (Å²) >= 11 is 0. The highest BCUT2D eigenvalue weighted by Crippen LogP contribution is 2.35. The highest BCUT2D eigenvalue weighted by Gasteiger charge is 2.34. The molecule has 1 N–H and O–H groups in total. The zero-order chi connectivity index (χ0) is 19.1. The van der Waals surface area contributed by atoms with E-state index in [4.69, 9.17) is 0 Å². The number of hydrogen-bond acceptors (Lipinski definition) is 3. The summed E-state index contributed by atoms with van der Waals surface area (Å²) in [7, 11) is -2.46. The Morgan fingerprint density at radius 2 is 1.77 bits per heavy atom. The lowest BCUT2D eigenvalue weighted by atomic mass is 9.96. The van der Waals surface area contributed by atoms with E-state index in [1.165, 1.54) is 23.5 Å². The van der Waals surface area contributed by atoms with Crippen LogP contribution in [0.3, 0.4) is 0 Å². The van der Waals surface area contributed by atoms with Crippen molar-refractivity contribution < 1.29 is 21.6 Å². The summed E-state index contributed by atoms with van der Waals surface area (Å²) in [6.07, 6.45) is -0.356. The van der Waals surface area contributed by atoms with Gasteiger partial charge in [0, 0.05) is 30.1 Å². The minimum atomic E-state index is -4.76. The number of pyridine rings is 1. The molecule has 2 aromatic rings. The second kappa shape index (κ2) is 6.70. The van der Waals surface area contributed by atoms with Gasteiger partial charge in [-0.3, -0.25) is 4.79 Å². The number of halogens is 3. The minimum Gasteiger partial charge on any atom is -0.322 e. The molecule has 0 atom stereocenters. The number of sulfonamides is 1. The molecule has 1 aliphatic carbocycles. The summed E-state index contributed by atoms with van der Waals surface area (Å²) < 4.78 is 66.8. The van der Waals surface area contributed by atoms with Crippen LogP contribution in [0.1, 0.15) is 37.7 Å².